The average Bonchev–Trinajstić information content (AvgIpc) is 2.19. The van der Waals surface area contributed by atoms with Crippen molar-refractivity contribution in [2.75, 3.05) is 5.73 Å². The van der Waals surface area contributed by atoms with E-state index in [0.717, 1.165) is 11.6 Å². The van der Waals surface area contributed by atoms with Crippen molar-refractivity contribution in [1.29, 1.82) is 0 Å². The maximum Gasteiger partial charge on any atom is 0.135 e. The summed E-state index contributed by atoms with van der Waals surface area (Å²) in [5, 5.41) is 0. The SMILES string of the molecule is Cc1cnc(-c2ccc(F)cc2F)c(N)c1. The van der Waals surface area contributed by atoms with Crippen molar-refractivity contribution in [3.63, 3.8) is 0 Å². The zero-order valence-corrected chi connectivity index (χ0v) is 8.67. The van der Waals surface area contributed by atoms with E-state index >= 15 is 0 Å². The summed E-state index contributed by atoms with van der Waals surface area (Å²) < 4.78 is 26.2. The number of hydrogen-bond acceptors (Lipinski definition) is 2. The highest BCUT2D eigenvalue weighted by molar-refractivity contribution is 5.73. The van der Waals surface area contributed by atoms with Gasteiger partial charge >= 0.3 is 0 Å². The van der Waals surface area contributed by atoms with Gasteiger partial charge in [-0.1, -0.05) is 0 Å². The number of nitrogen functional groups attached to an aromatic ring is 1. The molecule has 0 amide bonds. The van der Waals surface area contributed by atoms with Crippen LogP contribution >= 0.6 is 0 Å². The largest absolute Gasteiger partial charge is 0.397 e. The van der Waals surface area contributed by atoms with Gasteiger partial charge in [0.05, 0.1) is 11.4 Å². The Morgan fingerprint density at radius 1 is 1.19 bits per heavy atom. The Morgan fingerprint density at radius 2 is 1.94 bits per heavy atom. The summed E-state index contributed by atoms with van der Waals surface area (Å²) in [6, 6.07) is 5.03. The van der Waals surface area contributed by atoms with Crippen molar-refractivity contribution < 1.29 is 8.78 Å². The molecule has 4 heteroatoms. The Bertz CT molecular complexity index is 489. The number of aromatic nitrogens is 1. The fourth-order valence-electron chi connectivity index (χ4n) is 1.50. The van der Waals surface area contributed by atoms with Gasteiger partial charge in [0.25, 0.3) is 0 Å². The molecule has 0 saturated heterocycles. The lowest BCUT2D eigenvalue weighted by atomic mass is 10.1. The van der Waals surface area contributed by atoms with E-state index in [0.29, 0.717) is 11.4 Å². The molecule has 0 aliphatic carbocycles. The average molecular weight is 220 g/mol. The van der Waals surface area contributed by atoms with Crippen LogP contribution in [0.15, 0.2) is 30.5 Å². The lowest BCUT2D eigenvalue weighted by Crippen LogP contribution is -1.96. The van der Waals surface area contributed by atoms with Crippen molar-refractivity contribution in [3.8, 4) is 11.3 Å². The lowest BCUT2D eigenvalue weighted by molar-refractivity contribution is 0.585. The summed E-state index contributed by atoms with van der Waals surface area (Å²) in [6.07, 6.45) is 1.59. The molecule has 0 saturated carbocycles. The maximum absolute atomic E-state index is 13.5. The Kier molecular flexibility index (Phi) is 2.56. The van der Waals surface area contributed by atoms with Gasteiger partial charge in [0.2, 0.25) is 0 Å². The van der Waals surface area contributed by atoms with Crippen LogP contribution in [0.1, 0.15) is 5.56 Å². The number of halogens is 2. The minimum Gasteiger partial charge on any atom is -0.397 e. The van der Waals surface area contributed by atoms with Crippen LogP contribution in [-0.4, -0.2) is 4.98 Å². The normalized spacial score (nSPS) is 10.4. The first-order chi connectivity index (χ1) is 7.58. The van der Waals surface area contributed by atoms with E-state index in [2.05, 4.69) is 4.98 Å². The van der Waals surface area contributed by atoms with Gasteiger partial charge in [-0.05, 0) is 30.7 Å². The Morgan fingerprint density at radius 3 is 2.56 bits per heavy atom. The van der Waals surface area contributed by atoms with E-state index in [1.807, 2.05) is 6.92 Å². The lowest BCUT2D eigenvalue weighted by Gasteiger charge is -2.06. The fraction of sp³-hybridized carbons (Fsp3) is 0.0833. The number of nitrogens with zero attached hydrogens (tertiary/aromatic N) is 1. The Labute approximate surface area is 91.7 Å². The smallest absolute Gasteiger partial charge is 0.135 e. The minimum absolute atomic E-state index is 0.207. The molecule has 1 heterocycles. The van der Waals surface area contributed by atoms with Gasteiger partial charge in [0, 0.05) is 17.8 Å². The Hall–Kier alpha value is -1.97. The molecule has 0 aliphatic rings. The topological polar surface area (TPSA) is 38.9 Å². The van der Waals surface area contributed by atoms with Gasteiger partial charge in [0.15, 0.2) is 0 Å². The first kappa shape index (κ1) is 10.5. The molecule has 1 aromatic carbocycles. The Balaban J connectivity index is 2.59. The molecule has 0 spiro atoms. The quantitative estimate of drug-likeness (QED) is 0.802. The summed E-state index contributed by atoms with van der Waals surface area (Å²) in [7, 11) is 0. The zero-order chi connectivity index (χ0) is 11.7. The molecule has 2 aromatic rings. The first-order valence-electron chi connectivity index (χ1n) is 4.75. The first-order valence-corrected chi connectivity index (χ1v) is 4.75. The molecule has 0 fully saturated rings. The third-order valence-corrected chi connectivity index (χ3v) is 2.24. The molecule has 0 radical (unpaired) electrons. The van der Waals surface area contributed by atoms with Crippen LogP contribution in [0.25, 0.3) is 11.3 Å². The van der Waals surface area contributed by atoms with Crippen LogP contribution < -0.4 is 5.73 Å². The minimum atomic E-state index is -0.664. The highest BCUT2D eigenvalue weighted by atomic mass is 19.1. The third-order valence-electron chi connectivity index (χ3n) is 2.24. The van der Waals surface area contributed by atoms with Gasteiger partial charge in [-0.3, -0.25) is 4.98 Å². The molecular weight excluding hydrogens is 210 g/mol. The van der Waals surface area contributed by atoms with E-state index in [1.54, 1.807) is 12.3 Å². The number of pyridine rings is 1. The van der Waals surface area contributed by atoms with E-state index in [4.69, 9.17) is 5.73 Å². The van der Waals surface area contributed by atoms with E-state index in [-0.39, 0.29) is 5.56 Å². The zero-order valence-electron chi connectivity index (χ0n) is 8.67. The van der Waals surface area contributed by atoms with E-state index < -0.39 is 11.6 Å². The summed E-state index contributed by atoms with van der Waals surface area (Å²) in [5.41, 5.74) is 7.55. The second kappa shape index (κ2) is 3.89. The highest BCUT2D eigenvalue weighted by Gasteiger charge is 2.10. The van der Waals surface area contributed by atoms with Crippen molar-refractivity contribution in [2.45, 2.75) is 6.92 Å². The summed E-state index contributed by atoms with van der Waals surface area (Å²) in [5.74, 6) is -1.28. The van der Waals surface area contributed by atoms with Gasteiger partial charge in [-0.25, -0.2) is 8.78 Å². The van der Waals surface area contributed by atoms with Crippen molar-refractivity contribution in [2.24, 2.45) is 0 Å². The monoisotopic (exact) mass is 220 g/mol. The second-order valence-corrected chi connectivity index (χ2v) is 3.57. The van der Waals surface area contributed by atoms with Crippen LogP contribution in [0, 0.1) is 18.6 Å². The predicted molar refractivity (Wildman–Crippen MR) is 58.7 cm³/mol. The van der Waals surface area contributed by atoms with E-state index in [1.165, 1.54) is 12.1 Å². The molecular formula is C12H10F2N2. The number of aryl methyl sites for hydroxylation is 1. The van der Waals surface area contributed by atoms with Gasteiger partial charge < -0.3 is 5.73 Å². The standard InChI is InChI=1S/C12H10F2N2/c1-7-4-11(15)12(16-6-7)9-3-2-8(13)5-10(9)14/h2-6H,15H2,1H3. The predicted octanol–water partition coefficient (Wildman–Crippen LogP) is 2.92. The van der Waals surface area contributed by atoms with Crippen LogP contribution in [0.3, 0.4) is 0 Å². The summed E-state index contributed by atoms with van der Waals surface area (Å²) >= 11 is 0. The summed E-state index contributed by atoms with van der Waals surface area (Å²) in [6.45, 7) is 1.84. The molecule has 0 bridgehead atoms. The molecule has 16 heavy (non-hydrogen) atoms. The van der Waals surface area contributed by atoms with Gasteiger partial charge in [-0.15, -0.1) is 0 Å². The van der Waals surface area contributed by atoms with Crippen LogP contribution in [0.4, 0.5) is 14.5 Å². The third kappa shape index (κ3) is 1.86. The fourth-order valence-corrected chi connectivity index (χ4v) is 1.50. The molecule has 0 atom stereocenters. The molecule has 82 valence electrons. The van der Waals surface area contributed by atoms with Gasteiger partial charge in [0.1, 0.15) is 11.6 Å². The number of rotatable bonds is 1. The van der Waals surface area contributed by atoms with Crippen molar-refractivity contribution >= 4 is 5.69 Å². The van der Waals surface area contributed by atoms with Crippen LogP contribution in [0.5, 0.6) is 0 Å². The van der Waals surface area contributed by atoms with Crippen molar-refractivity contribution in [3.05, 3.63) is 47.7 Å². The summed E-state index contributed by atoms with van der Waals surface area (Å²) in [4.78, 5) is 4.05. The molecule has 2 N–H and O–H groups in total. The van der Waals surface area contributed by atoms with E-state index in [9.17, 15) is 8.78 Å². The van der Waals surface area contributed by atoms with Gasteiger partial charge in [-0.2, -0.15) is 0 Å². The second-order valence-electron chi connectivity index (χ2n) is 3.57. The molecule has 2 nitrogen and oxygen atoms in total. The van der Waals surface area contributed by atoms with Crippen LogP contribution in [0.2, 0.25) is 0 Å². The molecule has 1 aromatic heterocycles. The van der Waals surface area contributed by atoms with Crippen molar-refractivity contribution in [1.82, 2.24) is 4.98 Å². The molecule has 0 aliphatic heterocycles. The molecule has 2 rings (SSSR count). The number of nitrogens with two attached hydrogens (primary N) is 1. The number of hydrogen-bond donors (Lipinski definition) is 1. The highest BCUT2D eigenvalue weighted by Crippen LogP contribution is 2.26. The van der Waals surface area contributed by atoms with Crippen LogP contribution in [-0.2, 0) is 0 Å². The molecule has 0 unspecified atom stereocenters. The maximum atomic E-state index is 13.5. The number of anilines is 1. The number of benzene rings is 1.